The van der Waals surface area contributed by atoms with E-state index >= 15 is 0 Å². The summed E-state index contributed by atoms with van der Waals surface area (Å²) in [4.78, 5) is 2.51. The zero-order valence-corrected chi connectivity index (χ0v) is 14.5. The van der Waals surface area contributed by atoms with Crippen LogP contribution in [0.4, 0.5) is 0 Å². The predicted molar refractivity (Wildman–Crippen MR) is 95.3 cm³/mol. The fraction of sp³-hybridized carbons (Fsp3) is 0.550. The van der Waals surface area contributed by atoms with Crippen molar-refractivity contribution in [1.82, 2.24) is 14.7 Å². The number of piperidine rings is 1. The number of fused-ring (bicyclic) bond motifs is 1. The van der Waals surface area contributed by atoms with Crippen LogP contribution in [0.15, 0.2) is 30.3 Å². The molecule has 1 unspecified atom stereocenters. The molecule has 24 heavy (non-hydrogen) atoms. The lowest BCUT2D eigenvalue weighted by Gasteiger charge is -2.32. The topological polar surface area (TPSA) is 41.3 Å². The molecule has 1 N–H and O–H groups in total. The van der Waals surface area contributed by atoms with E-state index in [1.807, 2.05) is 6.92 Å². The molecule has 1 fully saturated rings. The molecule has 128 valence electrons. The summed E-state index contributed by atoms with van der Waals surface area (Å²) in [5.41, 5.74) is 5.34. The first kappa shape index (κ1) is 15.9. The third-order valence-electron chi connectivity index (χ3n) is 5.70. The Morgan fingerprint density at radius 2 is 1.92 bits per heavy atom. The van der Waals surface area contributed by atoms with Crippen LogP contribution >= 0.6 is 0 Å². The second-order valence-corrected chi connectivity index (χ2v) is 7.33. The maximum absolute atomic E-state index is 9.78. The summed E-state index contributed by atoms with van der Waals surface area (Å²) < 4.78 is 2.17. The zero-order valence-electron chi connectivity index (χ0n) is 14.5. The summed E-state index contributed by atoms with van der Waals surface area (Å²) in [6, 6.07) is 10.5. The molecule has 0 bridgehead atoms. The van der Waals surface area contributed by atoms with Gasteiger partial charge in [0.15, 0.2) is 0 Å². The van der Waals surface area contributed by atoms with Crippen molar-refractivity contribution in [2.75, 3.05) is 13.1 Å². The van der Waals surface area contributed by atoms with Crippen LogP contribution in [0.25, 0.3) is 5.69 Å². The molecule has 1 atom stereocenters. The fourth-order valence-corrected chi connectivity index (χ4v) is 4.23. The van der Waals surface area contributed by atoms with Gasteiger partial charge in [0.1, 0.15) is 0 Å². The van der Waals surface area contributed by atoms with Gasteiger partial charge in [-0.2, -0.15) is 5.10 Å². The molecule has 1 aliphatic carbocycles. The van der Waals surface area contributed by atoms with E-state index in [-0.39, 0.29) is 6.10 Å². The molecule has 0 spiro atoms. The number of benzene rings is 1. The van der Waals surface area contributed by atoms with Gasteiger partial charge in [-0.3, -0.25) is 4.90 Å². The minimum absolute atomic E-state index is 0.173. The summed E-state index contributed by atoms with van der Waals surface area (Å²) in [7, 11) is 0. The van der Waals surface area contributed by atoms with Crippen LogP contribution in [0.1, 0.15) is 43.1 Å². The number of rotatable bonds is 4. The van der Waals surface area contributed by atoms with Gasteiger partial charge < -0.3 is 5.11 Å². The Morgan fingerprint density at radius 1 is 1.17 bits per heavy atom. The Labute approximate surface area is 144 Å². The highest BCUT2D eigenvalue weighted by atomic mass is 16.3. The Hall–Kier alpha value is -1.65. The van der Waals surface area contributed by atoms with Crippen LogP contribution in [0.2, 0.25) is 0 Å². The summed E-state index contributed by atoms with van der Waals surface area (Å²) >= 11 is 0. The van der Waals surface area contributed by atoms with Crippen molar-refractivity contribution in [3.8, 4) is 5.69 Å². The van der Waals surface area contributed by atoms with Crippen LogP contribution in [0, 0.1) is 5.92 Å². The third-order valence-corrected chi connectivity index (χ3v) is 5.70. The Morgan fingerprint density at radius 3 is 2.62 bits per heavy atom. The average Bonchev–Trinajstić information content (AvgIpc) is 3.20. The Bertz CT molecular complexity index is 684. The molecule has 4 rings (SSSR count). The van der Waals surface area contributed by atoms with E-state index in [0.29, 0.717) is 5.92 Å². The molecular formula is C20H27N3O. The molecule has 0 radical (unpaired) electrons. The number of hydrogen-bond donors (Lipinski definition) is 1. The van der Waals surface area contributed by atoms with Crippen molar-refractivity contribution >= 4 is 0 Å². The van der Waals surface area contributed by atoms with Crippen LogP contribution in [0.3, 0.4) is 0 Å². The van der Waals surface area contributed by atoms with Crippen molar-refractivity contribution in [1.29, 1.82) is 0 Å². The van der Waals surface area contributed by atoms with Crippen LogP contribution in [-0.2, 0) is 19.4 Å². The molecule has 1 saturated heterocycles. The predicted octanol–water partition coefficient (Wildman–Crippen LogP) is 2.95. The first-order valence-electron chi connectivity index (χ1n) is 9.28. The number of likely N-dealkylation sites (tertiary alicyclic amines) is 1. The van der Waals surface area contributed by atoms with Crippen LogP contribution in [-0.4, -0.2) is 39.0 Å². The monoisotopic (exact) mass is 325 g/mol. The molecule has 0 amide bonds. The van der Waals surface area contributed by atoms with Gasteiger partial charge in [0.2, 0.25) is 0 Å². The lowest BCUT2D eigenvalue weighted by atomic mass is 9.92. The molecular weight excluding hydrogens is 298 g/mol. The SMILES string of the molecule is CC(O)C1CCN(Cc2nn(-c3ccccc3)c3c2CCC3)CC1. The molecule has 1 aromatic carbocycles. The minimum Gasteiger partial charge on any atom is -0.393 e. The van der Waals surface area contributed by atoms with E-state index in [4.69, 9.17) is 5.10 Å². The van der Waals surface area contributed by atoms with E-state index in [1.54, 1.807) is 0 Å². The number of para-hydroxylation sites is 1. The smallest absolute Gasteiger partial charge is 0.0804 e. The van der Waals surface area contributed by atoms with Gasteiger partial charge in [-0.15, -0.1) is 0 Å². The van der Waals surface area contributed by atoms with Crippen molar-refractivity contribution in [3.63, 3.8) is 0 Å². The van der Waals surface area contributed by atoms with E-state index in [1.165, 1.54) is 35.5 Å². The largest absolute Gasteiger partial charge is 0.393 e. The van der Waals surface area contributed by atoms with E-state index in [2.05, 4.69) is 39.9 Å². The van der Waals surface area contributed by atoms with Gasteiger partial charge in [0.05, 0.1) is 17.5 Å². The second-order valence-electron chi connectivity index (χ2n) is 7.33. The van der Waals surface area contributed by atoms with Gasteiger partial charge in [0, 0.05) is 12.2 Å². The molecule has 2 aliphatic rings. The molecule has 2 heterocycles. The molecule has 1 aliphatic heterocycles. The standard InChI is InChI=1S/C20H27N3O/c1-15(24)16-10-12-22(13-11-16)14-19-18-8-5-9-20(18)23(21-19)17-6-3-2-4-7-17/h2-4,6-7,15-16,24H,5,8-14H2,1H3. The molecule has 4 nitrogen and oxygen atoms in total. The second kappa shape index (κ2) is 6.69. The quantitative estimate of drug-likeness (QED) is 0.940. The van der Waals surface area contributed by atoms with Gasteiger partial charge in [-0.25, -0.2) is 4.68 Å². The van der Waals surface area contributed by atoms with E-state index < -0.39 is 0 Å². The Kier molecular flexibility index (Phi) is 4.42. The van der Waals surface area contributed by atoms with Crippen molar-refractivity contribution in [3.05, 3.63) is 47.3 Å². The van der Waals surface area contributed by atoms with Crippen molar-refractivity contribution in [2.45, 2.75) is 51.7 Å². The lowest BCUT2D eigenvalue weighted by Crippen LogP contribution is -2.36. The first-order valence-corrected chi connectivity index (χ1v) is 9.28. The highest BCUT2D eigenvalue weighted by Gasteiger charge is 2.27. The Balaban J connectivity index is 1.53. The number of aromatic nitrogens is 2. The number of aliphatic hydroxyl groups excluding tert-OH is 1. The highest BCUT2D eigenvalue weighted by molar-refractivity contribution is 5.39. The fourth-order valence-electron chi connectivity index (χ4n) is 4.23. The zero-order chi connectivity index (χ0) is 16.5. The van der Waals surface area contributed by atoms with Gasteiger partial charge in [0.25, 0.3) is 0 Å². The van der Waals surface area contributed by atoms with Crippen LogP contribution in [0.5, 0.6) is 0 Å². The summed E-state index contributed by atoms with van der Waals surface area (Å²) in [6.45, 7) is 5.02. The van der Waals surface area contributed by atoms with Crippen LogP contribution < -0.4 is 0 Å². The minimum atomic E-state index is -0.173. The average molecular weight is 325 g/mol. The maximum Gasteiger partial charge on any atom is 0.0804 e. The summed E-state index contributed by atoms with van der Waals surface area (Å²) in [5.74, 6) is 0.467. The third kappa shape index (κ3) is 3.01. The number of nitrogens with zero attached hydrogens (tertiary/aromatic N) is 3. The van der Waals surface area contributed by atoms with Gasteiger partial charge in [-0.05, 0) is 75.7 Å². The number of aliphatic hydroxyl groups is 1. The number of hydrogen-bond acceptors (Lipinski definition) is 3. The van der Waals surface area contributed by atoms with Gasteiger partial charge >= 0.3 is 0 Å². The normalized spacial score (nSPS) is 20.2. The molecule has 2 aromatic rings. The highest BCUT2D eigenvalue weighted by Crippen LogP contribution is 2.29. The maximum atomic E-state index is 9.78. The van der Waals surface area contributed by atoms with Crippen molar-refractivity contribution < 1.29 is 5.11 Å². The molecule has 4 heteroatoms. The summed E-state index contributed by atoms with van der Waals surface area (Å²) in [6.07, 6.45) is 5.58. The van der Waals surface area contributed by atoms with Crippen molar-refractivity contribution in [2.24, 2.45) is 5.92 Å². The lowest BCUT2D eigenvalue weighted by molar-refractivity contribution is 0.0690. The molecule has 0 saturated carbocycles. The van der Waals surface area contributed by atoms with E-state index in [0.717, 1.165) is 38.9 Å². The summed E-state index contributed by atoms with van der Waals surface area (Å²) in [5, 5.41) is 14.8. The first-order chi connectivity index (χ1) is 11.7. The molecule has 1 aromatic heterocycles. The van der Waals surface area contributed by atoms with E-state index in [9.17, 15) is 5.11 Å². The van der Waals surface area contributed by atoms with Gasteiger partial charge in [-0.1, -0.05) is 18.2 Å².